The lowest BCUT2D eigenvalue weighted by Gasteiger charge is -2.11. The van der Waals surface area contributed by atoms with Crippen molar-refractivity contribution in [3.63, 3.8) is 0 Å². The minimum atomic E-state index is 0.571. The van der Waals surface area contributed by atoms with Gasteiger partial charge >= 0.3 is 0 Å². The number of hydrogen-bond donors (Lipinski definition) is 4. The molecule has 0 aromatic heterocycles. The van der Waals surface area contributed by atoms with Gasteiger partial charge in [0, 0.05) is 39.3 Å². The highest BCUT2D eigenvalue weighted by Crippen LogP contribution is 1.67. The van der Waals surface area contributed by atoms with Gasteiger partial charge in [0.15, 0.2) is 0 Å². The van der Waals surface area contributed by atoms with Crippen LogP contribution in [0, 0.1) is 0 Å². The molecular formula is C7H18N4O. The molecule has 5 heteroatoms. The molecule has 4 N–H and O–H groups in total. The zero-order chi connectivity index (χ0) is 8.49. The molecule has 1 aliphatic rings. The van der Waals surface area contributed by atoms with Gasteiger partial charge in [0.1, 0.15) is 6.73 Å². The van der Waals surface area contributed by atoms with Crippen molar-refractivity contribution in [2.45, 2.75) is 0 Å². The average molecular weight is 174 g/mol. The molecule has 1 rings (SSSR count). The molecule has 0 atom stereocenters. The van der Waals surface area contributed by atoms with E-state index in [1.807, 2.05) is 0 Å². The van der Waals surface area contributed by atoms with Crippen LogP contribution in [0.3, 0.4) is 0 Å². The van der Waals surface area contributed by atoms with Gasteiger partial charge in [0.2, 0.25) is 0 Å². The standard InChI is InChI=1S/C7H18N4O/c1-2-9-5-6-11-12-7-10-4-3-8-1/h8-11H,1-7H2. The number of rotatable bonds is 0. The van der Waals surface area contributed by atoms with Crippen molar-refractivity contribution in [3.8, 4) is 0 Å². The first kappa shape index (κ1) is 9.88. The maximum Gasteiger partial charge on any atom is 0.118 e. The third-order valence-corrected chi connectivity index (χ3v) is 1.64. The topological polar surface area (TPSA) is 57.4 Å². The molecule has 0 aromatic carbocycles. The number of hydrogen-bond acceptors (Lipinski definition) is 5. The van der Waals surface area contributed by atoms with E-state index in [-0.39, 0.29) is 0 Å². The highest BCUT2D eigenvalue weighted by molar-refractivity contribution is 4.54. The van der Waals surface area contributed by atoms with E-state index in [1.165, 1.54) is 0 Å². The van der Waals surface area contributed by atoms with Crippen LogP contribution in [-0.2, 0) is 4.84 Å². The molecule has 5 nitrogen and oxygen atoms in total. The summed E-state index contributed by atoms with van der Waals surface area (Å²) in [6, 6.07) is 0. The van der Waals surface area contributed by atoms with Crippen molar-refractivity contribution in [1.29, 1.82) is 0 Å². The van der Waals surface area contributed by atoms with Crippen molar-refractivity contribution in [2.75, 3.05) is 46.0 Å². The lowest BCUT2D eigenvalue weighted by Crippen LogP contribution is -2.38. The van der Waals surface area contributed by atoms with Gasteiger partial charge in [-0.05, 0) is 0 Å². The van der Waals surface area contributed by atoms with Gasteiger partial charge < -0.3 is 10.6 Å². The van der Waals surface area contributed by atoms with E-state index in [9.17, 15) is 0 Å². The summed E-state index contributed by atoms with van der Waals surface area (Å²) in [4.78, 5) is 5.08. The molecule has 0 amide bonds. The van der Waals surface area contributed by atoms with E-state index in [4.69, 9.17) is 4.84 Å². The molecule has 0 aromatic rings. The monoisotopic (exact) mass is 174 g/mol. The highest BCUT2D eigenvalue weighted by atomic mass is 16.7. The fourth-order valence-electron chi connectivity index (χ4n) is 0.989. The fraction of sp³-hybridized carbons (Fsp3) is 1.00. The molecule has 72 valence electrons. The summed E-state index contributed by atoms with van der Waals surface area (Å²) in [5, 5.41) is 9.72. The van der Waals surface area contributed by atoms with Gasteiger partial charge in [-0.25, -0.2) is 0 Å². The van der Waals surface area contributed by atoms with Crippen molar-refractivity contribution in [1.82, 2.24) is 21.4 Å². The van der Waals surface area contributed by atoms with Crippen LogP contribution in [0.15, 0.2) is 0 Å². The number of nitrogens with one attached hydrogen (secondary N) is 4. The molecule has 1 fully saturated rings. The third kappa shape index (κ3) is 5.45. The van der Waals surface area contributed by atoms with E-state index >= 15 is 0 Å². The van der Waals surface area contributed by atoms with Crippen LogP contribution in [0.4, 0.5) is 0 Å². The van der Waals surface area contributed by atoms with Gasteiger partial charge in [0.25, 0.3) is 0 Å². The van der Waals surface area contributed by atoms with Crippen LogP contribution >= 0.6 is 0 Å². The Hall–Kier alpha value is -0.200. The van der Waals surface area contributed by atoms with Crippen molar-refractivity contribution in [3.05, 3.63) is 0 Å². The lowest BCUT2D eigenvalue weighted by molar-refractivity contribution is 0.0292. The summed E-state index contributed by atoms with van der Waals surface area (Å²) < 4.78 is 0. The van der Waals surface area contributed by atoms with Crippen molar-refractivity contribution in [2.24, 2.45) is 0 Å². The summed E-state index contributed by atoms with van der Waals surface area (Å²) in [5.74, 6) is 0. The molecule has 0 spiro atoms. The second-order valence-corrected chi connectivity index (χ2v) is 2.68. The Bertz CT molecular complexity index is 58.4. The fourth-order valence-corrected chi connectivity index (χ4v) is 0.989. The summed E-state index contributed by atoms with van der Waals surface area (Å²) >= 11 is 0. The molecule has 0 radical (unpaired) electrons. The SMILES string of the molecule is C1CNCCNOCNCCN1. The number of hydroxylamine groups is 1. The van der Waals surface area contributed by atoms with Crippen LogP contribution in [-0.4, -0.2) is 46.0 Å². The third-order valence-electron chi connectivity index (χ3n) is 1.64. The molecule has 0 saturated carbocycles. The predicted molar refractivity (Wildman–Crippen MR) is 47.7 cm³/mol. The van der Waals surface area contributed by atoms with Gasteiger partial charge in [-0.15, -0.1) is 0 Å². The average Bonchev–Trinajstić information content (AvgIpc) is 2.05. The van der Waals surface area contributed by atoms with Gasteiger partial charge in [-0.2, -0.15) is 5.48 Å². The lowest BCUT2D eigenvalue weighted by atomic mass is 10.5. The van der Waals surface area contributed by atoms with Crippen LogP contribution in [0.5, 0.6) is 0 Å². The summed E-state index contributed by atoms with van der Waals surface area (Å²) in [6.45, 7) is 6.35. The van der Waals surface area contributed by atoms with E-state index in [1.54, 1.807) is 0 Å². The zero-order valence-electron chi connectivity index (χ0n) is 7.36. The molecule has 0 bridgehead atoms. The largest absolute Gasteiger partial charge is 0.314 e. The first-order valence-electron chi connectivity index (χ1n) is 4.47. The Labute approximate surface area is 73.2 Å². The van der Waals surface area contributed by atoms with Gasteiger partial charge in [-0.3, -0.25) is 10.2 Å². The molecule has 0 unspecified atom stereocenters. The van der Waals surface area contributed by atoms with E-state index < -0.39 is 0 Å². The second-order valence-electron chi connectivity index (χ2n) is 2.68. The Morgan fingerprint density at radius 2 is 1.25 bits per heavy atom. The maximum absolute atomic E-state index is 5.08. The predicted octanol–water partition coefficient (Wildman–Crippen LogP) is -1.75. The van der Waals surface area contributed by atoms with Gasteiger partial charge in [0.05, 0.1) is 0 Å². The quantitative estimate of drug-likeness (QED) is 0.351. The summed E-state index contributed by atoms with van der Waals surface area (Å²) in [5.41, 5.74) is 2.86. The second kappa shape index (κ2) is 7.45. The van der Waals surface area contributed by atoms with Gasteiger partial charge in [-0.1, -0.05) is 0 Å². The molecule has 1 aliphatic heterocycles. The normalized spacial score (nSPS) is 24.0. The molecule has 1 saturated heterocycles. The Morgan fingerprint density at radius 1 is 0.667 bits per heavy atom. The molecule has 12 heavy (non-hydrogen) atoms. The first-order valence-corrected chi connectivity index (χ1v) is 4.47. The Kier molecular flexibility index (Phi) is 6.14. The smallest absolute Gasteiger partial charge is 0.118 e. The highest BCUT2D eigenvalue weighted by Gasteiger charge is 1.92. The zero-order valence-corrected chi connectivity index (χ0v) is 7.36. The minimum absolute atomic E-state index is 0.571. The maximum atomic E-state index is 5.08. The van der Waals surface area contributed by atoms with Crippen LogP contribution in [0.1, 0.15) is 0 Å². The van der Waals surface area contributed by atoms with Crippen LogP contribution in [0.2, 0.25) is 0 Å². The molecule has 1 heterocycles. The summed E-state index contributed by atoms with van der Waals surface area (Å²) in [6.07, 6.45) is 0. The minimum Gasteiger partial charge on any atom is -0.314 e. The Morgan fingerprint density at radius 3 is 2.00 bits per heavy atom. The van der Waals surface area contributed by atoms with E-state index in [2.05, 4.69) is 21.4 Å². The van der Waals surface area contributed by atoms with Crippen molar-refractivity contribution >= 4 is 0 Å². The van der Waals surface area contributed by atoms with Crippen LogP contribution < -0.4 is 21.4 Å². The van der Waals surface area contributed by atoms with Crippen LogP contribution in [0.25, 0.3) is 0 Å². The van der Waals surface area contributed by atoms with Crippen molar-refractivity contribution < 1.29 is 4.84 Å². The van der Waals surface area contributed by atoms with E-state index in [0.717, 1.165) is 39.3 Å². The Balaban J connectivity index is 2.00. The molecule has 0 aliphatic carbocycles. The first-order chi connectivity index (χ1) is 6.00. The van der Waals surface area contributed by atoms with E-state index in [0.29, 0.717) is 6.73 Å². The molecular weight excluding hydrogens is 156 g/mol. The summed E-state index contributed by atoms with van der Waals surface area (Å²) in [7, 11) is 0.